The highest BCUT2D eigenvalue weighted by atomic mass is 35.5. The van der Waals surface area contributed by atoms with E-state index >= 15 is 4.39 Å². The summed E-state index contributed by atoms with van der Waals surface area (Å²) in [5.41, 5.74) is 1.72. The molecule has 0 bridgehead atoms. The zero-order valence-electron chi connectivity index (χ0n) is 15.4. The van der Waals surface area contributed by atoms with Crippen molar-refractivity contribution in [2.45, 2.75) is 33.1 Å². The van der Waals surface area contributed by atoms with Gasteiger partial charge in [-0.25, -0.2) is 13.8 Å². The second-order valence-corrected chi connectivity index (χ2v) is 6.58. The molecule has 140 valence electrons. The molecule has 1 aliphatic heterocycles. The molecule has 1 aromatic heterocycles. The molecular weight excluding hydrogens is 368 g/mol. The van der Waals surface area contributed by atoms with Gasteiger partial charge in [0.25, 0.3) is 0 Å². The number of halogens is 3. The smallest absolute Gasteiger partial charge is 0.150 e. The summed E-state index contributed by atoms with van der Waals surface area (Å²) in [6.45, 7) is 5.58. The molecule has 0 spiro atoms. The van der Waals surface area contributed by atoms with E-state index in [0.717, 1.165) is 12.1 Å². The monoisotopic (exact) mass is 387 g/mol. The largest absolute Gasteiger partial charge is 0.256 e. The highest BCUT2D eigenvalue weighted by Crippen LogP contribution is 2.36. The molecule has 2 heterocycles. The molecule has 3 rings (SSSR count). The Hall–Kier alpha value is -2.53. The summed E-state index contributed by atoms with van der Waals surface area (Å²) in [7, 11) is 0. The fraction of sp³-hybridized carbons (Fsp3) is 0.238. The van der Waals surface area contributed by atoms with Gasteiger partial charge >= 0.3 is 0 Å². The molecule has 0 fully saturated rings. The molecule has 0 amide bonds. The number of aromatic nitrogens is 1. The average Bonchev–Trinajstić information content (AvgIpc) is 2.64. The van der Waals surface area contributed by atoms with Crippen LogP contribution in [-0.2, 0) is 0 Å². The summed E-state index contributed by atoms with van der Waals surface area (Å²) < 4.78 is 30.0. The van der Waals surface area contributed by atoms with Gasteiger partial charge in [0.05, 0.1) is 11.2 Å². The lowest BCUT2D eigenvalue weighted by Crippen LogP contribution is -2.23. The van der Waals surface area contributed by atoms with Crippen molar-refractivity contribution in [3.05, 3.63) is 77.3 Å². The van der Waals surface area contributed by atoms with Gasteiger partial charge in [0.1, 0.15) is 16.8 Å². The molecule has 0 radical (unpaired) electrons. The molecule has 1 aliphatic rings. The van der Waals surface area contributed by atoms with Gasteiger partial charge in [0.2, 0.25) is 0 Å². The molecule has 6 heteroatoms. The number of fused-ring (bicyclic) bond motifs is 1. The molecular formula is C21H20ClF2N3. The van der Waals surface area contributed by atoms with Gasteiger partial charge in [-0.3, -0.25) is 4.98 Å². The predicted octanol–water partition coefficient (Wildman–Crippen LogP) is 6.24. The van der Waals surface area contributed by atoms with Crippen molar-refractivity contribution < 1.29 is 8.78 Å². The first kappa shape index (κ1) is 19.2. The molecule has 3 nitrogen and oxygen atoms in total. The summed E-state index contributed by atoms with van der Waals surface area (Å²) in [5, 5.41) is 6.59. The fourth-order valence-corrected chi connectivity index (χ4v) is 3.39. The zero-order valence-corrected chi connectivity index (χ0v) is 16.1. The van der Waals surface area contributed by atoms with E-state index < -0.39 is 17.6 Å². The van der Waals surface area contributed by atoms with Gasteiger partial charge in [-0.2, -0.15) is 5.10 Å². The number of benzene rings is 1. The number of rotatable bonds is 4. The Balaban J connectivity index is 2.11. The van der Waals surface area contributed by atoms with E-state index in [1.54, 1.807) is 36.2 Å². The fourth-order valence-electron chi connectivity index (χ4n) is 3.25. The second kappa shape index (κ2) is 8.01. The lowest BCUT2D eigenvalue weighted by molar-refractivity contribution is 0.421. The van der Waals surface area contributed by atoms with E-state index in [4.69, 9.17) is 11.6 Å². The Labute approximate surface area is 162 Å². The van der Waals surface area contributed by atoms with E-state index in [1.807, 2.05) is 26.0 Å². The van der Waals surface area contributed by atoms with Gasteiger partial charge in [-0.1, -0.05) is 37.6 Å². The van der Waals surface area contributed by atoms with Crippen LogP contribution in [0.1, 0.15) is 38.7 Å². The molecule has 1 unspecified atom stereocenters. The van der Waals surface area contributed by atoms with Crippen LogP contribution in [0.25, 0.3) is 10.9 Å². The third kappa shape index (κ3) is 3.65. The molecule has 0 saturated carbocycles. The van der Waals surface area contributed by atoms with Crippen LogP contribution in [-0.4, -0.2) is 15.2 Å². The Morgan fingerprint density at radius 2 is 2.11 bits per heavy atom. The Morgan fingerprint density at radius 1 is 1.33 bits per heavy atom. The number of hydrogen-bond acceptors (Lipinski definition) is 3. The van der Waals surface area contributed by atoms with Crippen LogP contribution in [0.5, 0.6) is 0 Å². The minimum Gasteiger partial charge on any atom is -0.256 e. The molecule has 2 aromatic rings. The normalized spacial score (nSPS) is 17.6. The van der Waals surface area contributed by atoms with Crippen molar-refractivity contribution in [2.24, 2.45) is 5.10 Å². The third-order valence-electron chi connectivity index (χ3n) is 4.49. The van der Waals surface area contributed by atoms with E-state index in [1.165, 1.54) is 12.3 Å². The van der Waals surface area contributed by atoms with E-state index in [9.17, 15) is 4.39 Å². The van der Waals surface area contributed by atoms with Gasteiger partial charge in [0.15, 0.2) is 0 Å². The first-order chi connectivity index (χ1) is 13.0. The number of hydrazone groups is 1. The quantitative estimate of drug-likeness (QED) is 0.621. The van der Waals surface area contributed by atoms with Crippen LogP contribution in [0.3, 0.4) is 0 Å². The van der Waals surface area contributed by atoms with Crippen LogP contribution in [0.15, 0.2) is 65.2 Å². The summed E-state index contributed by atoms with van der Waals surface area (Å²) in [4.78, 5) is 4.04. The topological polar surface area (TPSA) is 28.5 Å². The summed E-state index contributed by atoms with van der Waals surface area (Å²) in [6.07, 6.45) is 9.62. The van der Waals surface area contributed by atoms with Crippen LogP contribution in [0, 0.1) is 11.6 Å². The third-order valence-corrected chi connectivity index (χ3v) is 4.70. The minimum absolute atomic E-state index is 0.0136. The molecule has 0 N–H and O–H groups in total. The Kier molecular flexibility index (Phi) is 5.71. The van der Waals surface area contributed by atoms with Gasteiger partial charge in [-0.05, 0) is 37.6 Å². The average molecular weight is 388 g/mol. The first-order valence-electron chi connectivity index (χ1n) is 8.79. The van der Waals surface area contributed by atoms with Gasteiger partial charge < -0.3 is 0 Å². The van der Waals surface area contributed by atoms with Crippen molar-refractivity contribution in [1.29, 1.82) is 0 Å². The molecule has 0 aliphatic carbocycles. The van der Waals surface area contributed by atoms with Crippen molar-refractivity contribution in [1.82, 2.24) is 9.99 Å². The Morgan fingerprint density at radius 3 is 2.81 bits per heavy atom. The van der Waals surface area contributed by atoms with E-state index in [-0.39, 0.29) is 5.56 Å². The van der Waals surface area contributed by atoms with Crippen molar-refractivity contribution in [3.8, 4) is 0 Å². The van der Waals surface area contributed by atoms with E-state index in [2.05, 4.69) is 10.1 Å². The summed E-state index contributed by atoms with van der Waals surface area (Å²) >= 11 is 6.08. The second-order valence-electron chi connectivity index (χ2n) is 6.20. The van der Waals surface area contributed by atoms with Crippen LogP contribution in [0.2, 0.25) is 0 Å². The number of allylic oxidation sites excluding steroid dienone is 5. The summed E-state index contributed by atoms with van der Waals surface area (Å²) in [5.74, 6) is -1.82. The number of hydrogen-bond donors (Lipinski definition) is 0. The van der Waals surface area contributed by atoms with Crippen molar-refractivity contribution in [2.75, 3.05) is 0 Å². The lowest BCUT2D eigenvalue weighted by Gasteiger charge is -2.30. The SMILES string of the molecule is C/C=C(/C(C)c1c(F)cc2ncccc2c1F)N1N=C(Cl)C=C/C1=C/CC. The van der Waals surface area contributed by atoms with Crippen molar-refractivity contribution in [3.63, 3.8) is 0 Å². The molecule has 27 heavy (non-hydrogen) atoms. The first-order valence-corrected chi connectivity index (χ1v) is 9.17. The maximum Gasteiger partial charge on any atom is 0.150 e. The van der Waals surface area contributed by atoms with Crippen LogP contribution >= 0.6 is 11.6 Å². The number of pyridine rings is 1. The molecule has 1 atom stereocenters. The molecule has 1 aromatic carbocycles. The van der Waals surface area contributed by atoms with Crippen LogP contribution in [0.4, 0.5) is 8.78 Å². The maximum atomic E-state index is 15.1. The maximum absolute atomic E-state index is 15.1. The summed E-state index contributed by atoms with van der Waals surface area (Å²) in [6, 6.07) is 4.51. The zero-order chi connectivity index (χ0) is 19.6. The Bertz CT molecular complexity index is 992. The number of nitrogens with zero attached hydrogens (tertiary/aromatic N) is 3. The van der Waals surface area contributed by atoms with Gasteiger partial charge in [0, 0.05) is 34.8 Å². The lowest BCUT2D eigenvalue weighted by atomic mass is 9.93. The van der Waals surface area contributed by atoms with Crippen LogP contribution < -0.4 is 0 Å². The van der Waals surface area contributed by atoms with E-state index in [0.29, 0.717) is 21.8 Å². The highest BCUT2D eigenvalue weighted by Gasteiger charge is 2.27. The standard InChI is InChI=1S/C21H20ClF2N3/c1-4-7-14-9-10-19(22)26-27(14)18(5-2)13(3)20-16(23)12-17-15(21(20)24)8-6-11-25-17/h5-13H,4H2,1-3H3/b14-7-,18-5-. The van der Waals surface area contributed by atoms with Gasteiger partial charge in [-0.15, -0.1) is 0 Å². The highest BCUT2D eigenvalue weighted by molar-refractivity contribution is 6.68. The molecule has 0 saturated heterocycles. The minimum atomic E-state index is -0.630. The predicted molar refractivity (Wildman–Crippen MR) is 106 cm³/mol. The van der Waals surface area contributed by atoms with Crippen molar-refractivity contribution >= 4 is 27.7 Å².